The van der Waals surface area contributed by atoms with Gasteiger partial charge in [0.25, 0.3) is 0 Å². The van der Waals surface area contributed by atoms with Crippen LogP contribution in [0.25, 0.3) is 0 Å². The molecule has 4 heteroatoms. The average molecular weight is 210 g/mol. The normalized spacial score (nSPS) is 35.9. The van der Waals surface area contributed by atoms with E-state index in [4.69, 9.17) is 13.6 Å². The van der Waals surface area contributed by atoms with E-state index in [0.717, 1.165) is 19.8 Å². The van der Waals surface area contributed by atoms with Gasteiger partial charge in [0.1, 0.15) is 0 Å². The number of fused-ring (bicyclic) bond motifs is 3. The highest BCUT2D eigenvalue weighted by molar-refractivity contribution is 7.41. The fourth-order valence-electron chi connectivity index (χ4n) is 1.81. The lowest BCUT2D eigenvalue weighted by atomic mass is 9.83. The molecule has 2 bridgehead atoms. The lowest BCUT2D eigenvalue weighted by Crippen LogP contribution is -2.47. The van der Waals surface area contributed by atoms with E-state index >= 15 is 0 Å². The van der Waals surface area contributed by atoms with Gasteiger partial charge < -0.3 is 13.6 Å². The lowest BCUT2D eigenvalue weighted by molar-refractivity contribution is -0.0270. The van der Waals surface area contributed by atoms with Crippen molar-refractivity contribution in [2.75, 3.05) is 19.8 Å². The highest BCUT2D eigenvalue weighted by atomic mass is 31.2. The molecule has 3 fully saturated rings. The van der Waals surface area contributed by atoms with Crippen LogP contribution < -0.4 is 0 Å². The van der Waals surface area contributed by atoms with Crippen LogP contribution in [-0.4, -0.2) is 19.8 Å². The van der Waals surface area contributed by atoms with Gasteiger partial charge in [-0.3, -0.25) is 0 Å². The fraction of sp³-hybridized carbons (Fsp3) is 0.400. The Hall–Kier alpha value is -0.470. The van der Waals surface area contributed by atoms with E-state index in [1.165, 1.54) is 5.56 Å². The Labute approximate surface area is 84.0 Å². The summed E-state index contributed by atoms with van der Waals surface area (Å²) in [6, 6.07) is 10.3. The molecule has 0 unspecified atom stereocenters. The van der Waals surface area contributed by atoms with E-state index in [1.807, 2.05) is 18.2 Å². The summed E-state index contributed by atoms with van der Waals surface area (Å²) in [4.78, 5) is 0. The van der Waals surface area contributed by atoms with Gasteiger partial charge in [-0.05, 0) is 5.56 Å². The second-order valence-corrected chi connectivity index (χ2v) is 4.91. The minimum atomic E-state index is -1.03. The standard InChI is InChI=1S/C10H11O3P/c1-2-4-9(5-3-1)10-6-11-14(12-7-10)13-8-10/h1-5H,6-8H2. The molecule has 3 aliphatic heterocycles. The molecule has 0 atom stereocenters. The van der Waals surface area contributed by atoms with Gasteiger partial charge in [0.2, 0.25) is 0 Å². The molecule has 0 aromatic heterocycles. The van der Waals surface area contributed by atoms with E-state index in [1.54, 1.807) is 0 Å². The zero-order chi connectivity index (χ0) is 9.43. The summed E-state index contributed by atoms with van der Waals surface area (Å²) < 4.78 is 16.4. The SMILES string of the molecule is c1ccc(C23COP(OC2)OC3)cc1. The molecule has 0 aliphatic carbocycles. The second kappa shape index (κ2) is 3.28. The molecule has 0 saturated carbocycles. The van der Waals surface area contributed by atoms with Crippen LogP contribution in [0, 0.1) is 0 Å². The molecular weight excluding hydrogens is 199 g/mol. The van der Waals surface area contributed by atoms with Gasteiger partial charge in [-0.15, -0.1) is 0 Å². The van der Waals surface area contributed by atoms with Crippen molar-refractivity contribution in [3.8, 4) is 0 Å². The maximum absolute atomic E-state index is 5.46. The number of hydrogen-bond donors (Lipinski definition) is 0. The first-order valence-electron chi connectivity index (χ1n) is 4.64. The van der Waals surface area contributed by atoms with E-state index < -0.39 is 8.60 Å². The summed E-state index contributed by atoms with van der Waals surface area (Å²) in [5.74, 6) is 0. The molecular formula is C10H11O3P. The largest absolute Gasteiger partial charge is 0.332 e. The molecule has 0 N–H and O–H groups in total. The molecule has 3 aliphatic rings. The molecule has 0 radical (unpaired) electrons. The first-order chi connectivity index (χ1) is 6.89. The van der Waals surface area contributed by atoms with E-state index in [0.29, 0.717) is 0 Å². The van der Waals surface area contributed by atoms with Crippen LogP contribution in [0.1, 0.15) is 5.56 Å². The van der Waals surface area contributed by atoms with Crippen molar-refractivity contribution in [2.24, 2.45) is 0 Å². The minimum Gasteiger partial charge on any atom is -0.311 e. The molecule has 0 spiro atoms. The number of benzene rings is 1. The van der Waals surface area contributed by atoms with Crippen LogP contribution in [-0.2, 0) is 19.0 Å². The van der Waals surface area contributed by atoms with Crippen LogP contribution in [0.4, 0.5) is 0 Å². The van der Waals surface area contributed by atoms with Crippen molar-refractivity contribution in [3.05, 3.63) is 35.9 Å². The van der Waals surface area contributed by atoms with Crippen LogP contribution >= 0.6 is 8.60 Å². The summed E-state index contributed by atoms with van der Waals surface area (Å²) in [6.07, 6.45) is 0. The number of hydrogen-bond acceptors (Lipinski definition) is 3. The Morgan fingerprint density at radius 3 is 2.07 bits per heavy atom. The predicted octanol–water partition coefficient (Wildman–Crippen LogP) is 2.23. The van der Waals surface area contributed by atoms with Gasteiger partial charge in [-0.1, -0.05) is 30.3 Å². The Morgan fingerprint density at radius 2 is 1.50 bits per heavy atom. The molecule has 1 aromatic carbocycles. The zero-order valence-corrected chi connectivity index (χ0v) is 8.57. The predicted molar refractivity (Wildman–Crippen MR) is 52.9 cm³/mol. The highest BCUT2D eigenvalue weighted by Crippen LogP contribution is 2.53. The topological polar surface area (TPSA) is 27.7 Å². The molecule has 3 saturated heterocycles. The molecule has 74 valence electrons. The van der Waals surface area contributed by atoms with Crippen LogP contribution in [0.5, 0.6) is 0 Å². The van der Waals surface area contributed by atoms with Crippen LogP contribution in [0.15, 0.2) is 30.3 Å². The van der Waals surface area contributed by atoms with Gasteiger partial charge in [0.15, 0.2) is 0 Å². The number of rotatable bonds is 1. The third-order valence-corrected chi connectivity index (χ3v) is 3.74. The summed E-state index contributed by atoms with van der Waals surface area (Å²) >= 11 is 0. The average Bonchev–Trinajstić information content (AvgIpc) is 2.33. The molecule has 14 heavy (non-hydrogen) atoms. The Balaban J connectivity index is 1.96. The molecule has 4 rings (SSSR count). The van der Waals surface area contributed by atoms with Gasteiger partial charge in [-0.2, -0.15) is 0 Å². The van der Waals surface area contributed by atoms with Crippen molar-refractivity contribution >= 4 is 8.60 Å². The third-order valence-electron chi connectivity index (χ3n) is 2.72. The summed E-state index contributed by atoms with van der Waals surface area (Å²) in [7, 11) is -1.03. The Bertz CT molecular complexity index is 306. The van der Waals surface area contributed by atoms with Crippen molar-refractivity contribution in [2.45, 2.75) is 5.41 Å². The zero-order valence-electron chi connectivity index (χ0n) is 7.68. The van der Waals surface area contributed by atoms with Crippen LogP contribution in [0.3, 0.4) is 0 Å². The van der Waals surface area contributed by atoms with E-state index in [-0.39, 0.29) is 5.41 Å². The van der Waals surface area contributed by atoms with Crippen molar-refractivity contribution in [3.63, 3.8) is 0 Å². The highest BCUT2D eigenvalue weighted by Gasteiger charge is 2.45. The molecule has 3 nitrogen and oxygen atoms in total. The maximum Gasteiger partial charge on any atom is 0.332 e. The van der Waals surface area contributed by atoms with Gasteiger partial charge in [0.05, 0.1) is 25.2 Å². The van der Waals surface area contributed by atoms with Gasteiger partial charge in [0, 0.05) is 0 Å². The van der Waals surface area contributed by atoms with Crippen molar-refractivity contribution in [1.82, 2.24) is 0 Å². The molecule has 0 amide bonds. The quantitative estimate of drug-likeness (QED) is 0.665. The Morgan fingerprint density at radius 1 is 0.929 bits per heavy atom. The van der Waals surface area contributed by atoms with Crippen molar-refractivity contribution in [1.29, 1.82) is 0 Å². The maximum atomic E-state index is 5.46. The van der Waals surface area contributed by atoms with E-state index in [9.17, 15) is 0 Å². The Kier molecular flexibility index (Phi) is 2.06. The monoisotopic (exact) mass is 210 g/mol. The first kappa shape index (κ1) is 8.81. The molecule has 3 heterocycles. The van der Waals surface area contributed by atoms with Gasteiger partial charge in [-0.25, -0.2) is 0 Å². The smallest absolute Gasteiger partial charge is 0.311 e. The van der Waals surface area contributed by atoms with Gasteiger partial charge >= 0.3 is 8.60 Å². The third kappa shape index (κ3) is 1.29. The van der Waals surface area contributed by atoms with Crippen molar-refractivity contribution < 1.29 is 13.6 Å². The summed E-state index contributed by atoms with van der Waals surface area (Å²) in [5, 5.41) is 0. The first-order valence-corrected chi connectivity index (χ1v) is 5.73. The fourth-order valence-corrected chi connectivity index (χ4v) is 3.09. The summed E-state index contributed by atoms with van der Waals surface area (Å²) in [5.41, 5.74) is 1.17. The van der Waals surface area contributed by atoms with E-state index in [2.05, 4.69) is 12.1 Å². The van der Waals surface area contributed by atoms with Crippen LogP contribution in [0.2, 0.25) is 0 Å². The second-order valence-electron chi connectivity index (χ2n) is 3.69. The molecule has 1 aromatic rings. The minimum absolute atomic E-state index is 0.0711. The summed E-state index contributed by atoms with van der Waals surface area (Å²) in [6.45, 7) is 2.17. The lowest BCUT2D eigenvalue weighted by Gasteiger charge is -2.44.